The molecule has 1 aliphatic carbocycles. The van der Waals surface area contributed by atoms with E-state index in [0.29, 0.717) is 11.6 Å². The van der Waals surface area contributed by atoms with Crippen molar-refractivity contribution in [3.8, 4) is 0 Å². The van der Waals surface area contributed by atoms with Crippen molar-refractivity contribution in [1.82, 2.24) is 15.5 Å². The van der Waals surface area contributed by atoms with Gasteiger partial charge in [-0.15, -0.1) is 0 Å². The molecule has 25 heavy (non-hydrogen) atoms. The van der Waals surface area contributed by atoms with Crippen LogP contribution in [-0.2, 0) is 12.7 Å². The summed E-state index contributed by atoms with van der Waals surface area (Å²) in [5.74, 6) is 0. The van der Waals surface area contributed by atoms with Crippen molar-refractivity contribution in [2.24, 2.45) is 0 Å². The van der Waals surface area contributed by atoms with E-state index in [1.807, 2.05) is 0 Å². The second kappa shape index (κ2) is 7.64. The molecule has 2 amide bonds. The van der Waals surface area contributed by atoms with Crippen LogP contribution in [0.5, 0.6) is 0 Å². The number of likely N-dealkylation sites (tertiary alicyclic amines) is 1. The molecular formula is C18H24F3N3O. The third-order valence-electron chi connectivity index (χ3n) is 5.06. The van der Waals surface area contributed by atoms with Crippen LogP contribution in [0, 0.1) is 0 Å². The van der Waals surface area contributed by atoms with E-state index in [9.17, 15) is 18.0 Å². The van der Waals surface area contributed by atoms with Crippen molar-refractivity contribution in [2.45, 2.75) is 56.9 Å². The van der Waals surface area contributed by atoms with E-state index in [1.54, 1.807) is 6.07 Å². The van der Waals surface area contributed by atoms with E-state index >= 15 is 0 Å². The number of hydrogen-bond donors (Lipinski definition) is 2. The smallest absolute Gasteiger partial charge is 0.335 e. The summed E-state index contributed by atoms with van der Waals surface area (Å²) >= 11 is 0. The van der Waals surface area contributed by atoms with Gasteiger partial charge < -0.3 is 15.5 Å². The van der Waals surface area contributed by atoms with Crippen molar-refractivity contribution in [1.29, 1.82) is 0 Å². The number of carbonyl (C=O) groups excluding carboxylic acids is 1. The molecule has 1 aromatic rings. The lowest BCUT2D eigenvalue weighted by molar-refractivity contribution is -0.137. The van der Waals surface area contributed by atoms with Crippen molar-refractivity contribution < 1.29 is 18.0 Å². The molecule has 0 atom stereocenters. The van der Waals surface area contributed by atoms with Gasteiger partial charge in [-0.3, -0.25) is 0 Å². The zero-order valence-electron chi connectivity index (χ0n) is 14.1. The Balaban J connectivity index is 1.39. The molecule has 0 spiro atoms. The predicted octanol–water partition coefficient (Wildman–Crippen LogP) is 3.52. The molecule has 0 bridgehead atoms. The molecule has 2 N–H and O–H groups in total. The summed E-state index contributed by atoms with van der Waals surface area (Å²) in [6.45, 7) is 2.39. The Morgan fingerprint density at radius 1 is 1.16 bits per heavy atom. The zero-order chi connectivity index (χ0) is 17.9. The molecule has 2 fully saturated rings. The van der Waals surface area contributed by atoms with Gasteiger partial charge in [0.1, 0.15) is 0 Å². The molecule has 0 unspecified atom stereocenters. The molecule has 3 rings (SSSR count). The fourth-order valence-electron chi connectivity index (χ4n) is 3.56. The molecule has 0 aromatic heterocycles. The third kappa shape index (κ3) is 4.87. The van der Waals surface area contributed by atoms with Gasteiger partial charge in [0.25, 0.3) is 0 Å². The van der Waals surface area contributed by atoms with Crippen LogP contribution in [-0.4, -0.2) is 36.1 Å². The highest BCUT2D eigenvalue weighted by molar-refractivity contribution is 5.74. The highest BCUT2D eigenvalue weighted by atomic mass is 19.4. The van der Waals surface area contributed by atoms with Crippen LogP contribution in [0.3, 0.4) is 0 Å². The van der Waals surface area contributed by atoms with E-state index in [4.69, 9.17) is 0 Å². The lowest BCUT2D eigenvalue weighted by Gasteiger charge is -2.44. The number of carbonyl (C=O) groups is 1. The van der Waals surface area contributed by atoms with E-state index in [1.165, 1.54) is 25.3 Å². The molecular weight excluding hydrogens is 331 g/mol. The van der Waals surface area contributed by atoms with Gasteiger partial charge in [-0.2, -0.15) is 13.2 Å². The highest BCUT2D eigenvalue weighted by Crippen LogP contribution is 2.30. The quantitative estimate of drug-likeness (QED) is 0.868. The summed E-state index contributed by atoms with van der Waals surface area (Å²) in [7, 11) is 0. The summed E-state index contributed by atoms with van der Waals surface area (Å²) in [5, 5.41) is 5.54. The molecule has 0 radical (unpaired) electrons. The Morgan fingerprint density at radius 3 is 2.56 bits per heavy atom. The fraction of sp³-hybridized carbons (Fsp3) is 0.611. The van der Waals surface area contributed by atoms with Crippen LogP contribution in [0.25, 0.3) is 0 Å². The first kappa shape index (κ1) is 18.0. The maximum absolute atomic E-state index is 12.7. The largest absolute Gasteiger partial charge is 0.416 e. The highest BCUT2D eigenvalue weighted by Gasteiger charge is 2.35. The number of benzene rings is 1. The Bertz CT molecular complexity index is 593. The van der Waals surface area contributed by atoms with Crippen LogP contribution >= 0.6 is 0 Å². The molecule has 1 aliphatic heterocycles. The maximum Gasteiger partial charge on any atom is 0.416 e. The topological polar surface area (TPSA) is 44.4 Å². The minimum atomic E-state index is -4.37. The summed E-state index contributed by atoms with van der Waals surface area (Å²) in [6.07, 6.45) is 1.36. The van der Waals surface area contributed by atoms with Crippen molar-refractivity contribution >= 4 is 6.03 Å². The Hall–Kier alpha value is -1.76. The number of amides is 2. The summed E-state index contributed by atoms with van der Waals surface area (Å²) in [6, 6.07) is 5.43. The average Bonchev–Trinajstić information content (AvgIpc) is 2.56. The van der Waals surface area contributed by atoms with E-state index in [-0.39, 0.29) is 18.6 Å². The van der Waals surface area contributed by atoms with Crippen LogP contribution in [0.15, 0.2) is 24.3 Å². The van der Waals surface area contributed by atoms with E-state index < -0.39 is 11.7 Å². The Morgan fingerprint density at radius 2 is 1.88 bits per heavy atom. The number of nitrogens with one attached hydrogen (secondary N) is 2. The van der Waals surface area contributed by atoms with Crippen LogP contribution in [0.4, 0.5) is 18.0 Å². The minimum Gasteiger partial charge on any atom is -0.335 e. The number of urea groups is 1. The predicted molar refractivity (Wildman–Crippen MR) is 89.0 cm³/mol. The van der Waals surface area contributed by atoms with Gasteiger partial charge >= 0.3 is 12.2 Å². The molecule has 138 valence electrons. The van der Waals surface area contributed by atoms with E-state index in [0.717, 1.165) is 38.1 Å². The standard InChI is InChI=1S/C18H24F3N3O/c19-18(20,21)14-6-4-5-13(9-14)12-22-17(25)23-15-10-16(11-15)24-7-2-1-3-8-24/h4-6,9,15-16H,1-3,7-8,10-12H2,(H2,22,23,25). The number of alkyl halides is 3. The van der Waals surface area contributed by atoms with Gasteiger partial charge in [0.05, 0.1) is 5.56 Å². The number of halogens is 3. The van der Waals surface area contributed by atoms with Gasteiger partial charge in [0.15, 0.2) is 0 Å². The Kier molecular flexibility index (Phi) is 5.51. The molecule has 7 heteroatoms. The van der Waals surface area contributed by atoms with Crippen LogP contribution in [0.2, 0.25) is 0 Å². The van der Waals surface area contributed by atoms with Gasteiger partial charge in [-0.1, -0.05) is 18.6 Å². The van der Waals surface area contributed by atoms with Gasteiger partial charge in [0, 0.05) is 18.6 Å². The van der Waals surface area contributed by atoms with Gasteiger partial charge in [-0.05, 0) is 56.5 Å². The number of nitrogens with zero attached hydrogens (tertiary/aromatic N) is 1. The van der Waals surface area contributed by atoms with Crippen LogP contribution in [0.1, 0.15) is 43.2 Å². The van der Waals surface area contributed by atoms with E-state index in [2.05, 4.69) is 15.5 Å². The minimum absolute atomic E-state index is 0.0814. The van der Waals surface area contributed by atoms with Crippen molar-refractivity contribution in [2.75, 3.05) is 13.1 Å². The number of hydrogen-bond acceptors (Lipinski definition) is 2. The van der Waals surface area contributed by atoms with Gasteiger partial charge in [0.2, 0.25) is 0 Å². The second-order valence-corrected chi connectivity index (χ2v) is 6.94. The molecule has 1 saturated heterocycles. The summed E-state index contributed by atoms with van der Waals surface area (Å²) in [5.41, 5.74) is -0.264. The third-order valence-corrected chi connectivity index (χ3v) is 5.06. The van der Waals surface area contributed by atoms with Gasteiger partial charge in [-0.25, -0.2) is 4.79 Å². The molecule has 1 aromatic carbocycles. The normalized spacial score (nSPS) is 24.4. The first-order chi connectivity index (χ1) is 11.9. The molecule has 4 nitrogen and oxygen atoms in total. The maximum atomic E-state index is 12.7. The summed E-state index contributed by atoms with van der Waals surface area (Å²) in [4.78, 5) is 14.4. The first-order valence-electron chi connectivity index (χ1n) is 8.86. The number of piperidine rings is 1. The Labute approximate surface area is 145 Å². The zero-order valence-corrected chi connectivity index (χ0v) is 14.1. The molecule has 1 heterocycles. The first-order valence-corrected chi connectivity index (χ1v) is 8.86. The van der Waals surface area contributed by atoms with Crippen molar-refractivity contribution in [3.05, 3.63) is 35.4 Å². The SMILES string of the molecule is O=C(NCc1cccc(C(F)(F)F)c1)NC1CC(N2CCCCC2)C1. The summed E-state index contributed by atoms with van der Waals surface area (Å²) < 4.78 is 38.0. The van der Waals surface area contributed by atoms with Crippen LogP contribution < -0.4 is 10.6 Å². The molecule has 2 aliphatic rings. The fourth-order valence-corrected chi connectivity index (χ4v) is 3.56. The lowest BCUT2D eigenvalue weighted by Crippen LogP contribution is -2.56. The number of rotatable bonds is 4. The lowest BCUT2D eigenvalue weighted by atomic mass is 9.84. The average molecular weight is 355 g/mol. The van der Waals surface area contributed by atoms with Crippen molar-refractivity contribution in [3.63, 3.8) is 0 Å². The monoisotopic (exact) mass is 355 g/mol. The second-order valence-electron chi connectivity index (χ2n) is 6.94. The molecule has 1 saturated carbocycles.